The van der Waals surface area contributed by atoms with Crippen LogP contribution in [0.1, 0.15) is 61.1 Å². The molecule has 0 saturated heterocycles. The van der Waals surface area contributed by atoms with Gasteiger partial charge in [0.05, 0.1) is 11.3 Å². The van der Waals surface area contributed by atoms with Crippen LogP contribution < -0.4 is 9.64 Å². The summed E-state index contributed by atoms with van der Waals surface area (Å²) >= 11 is 0. The second-order valence-corrected chi connectivity index (χ2v) is 10.1. The molecule has 0 radical (unpaired) electrons. The number of anilines is 1. The lowest BCUT2D eigenvalue weighted by Gasteiger charge is -2.29. The highest BCUT2D eigenvalue weighted by Gasteiger charge is 2.30. The molecule has 1 aromatic heterocycles. The molecule has 1 aliphatic rings. The normalized spacial score (nSPS) is 13.9. The summed E-state index contributed by atoms with van der Waals surface area (Å²) in [5.74, 6) is 0.613. The number of hydrogen-bond acceptors (Lipinski definition) is 5. The zero-order valence-corrected chi connectivity index (χ0v) is 22.9. The van der Waals surface area contributed by atoms with Crippen LogP contribution in [0, 0.1) is 6.92 Å². The Balaban J connectivity index is 1.50. The summed E-state index contributed by atoms with van der Waals surface area (Å²) in [5.41, 5.74) is 6.15. The first-order valence-electron chi connectivity index (χ1n) is 13.4. The number of ether oxygens (including phenoxy) is 2. The number of pyridine rings is 1. The van der Waals surface area contributed by atoms with Gasteiger partial charge in [-0.05, 0) is 86.6 Å². The molecule has 0 aliphatic heterocycles. The van der Waals surface area contributed by atoms with Crippen molar-refractivity contribution in [2.24, 2.45) is 0 Å². The van der Waals surface area contributed by atoms with Crippen molar-refractivity contribution in [3.63, 3.8) is 0 Å². The van der Waals surface area contributed by atoms with E-state index in [0.717, 1.165) is 60.5 Å². The molecule has 8 heteroatoms. The molecule has 39 heavy (non-hydrogen) atoms. The topological polar surface area (TPSA) is 51.7 Å². The van der Waals surface area contributed by atoms with E-state index in [2.05, 4.69) is 23.0 Å². The number of esters is 1. The smallest absolute Gasteiger partial charge is 0.416 e. The van der Waals surface area contributed by atoms with E-state index in [-0.39, 0.29) is 18.7 Å². The first-order valence-corrected chi connectivity index (χ1v) is 13.4. The van der Waals surface area contributed by atoms with Crippen LogP contribution in [0.2, 0.25) is 0 Å². The van der Waals surface area contributed by atoms with Crippen molar-refractivity contribution < 1.29 is 27.4 Å². The van der Waals surface area contributed by atoms with E-state index in [1.807, 2.05) is 32.0 Å². The number of carbonyl (C=O) groups is 1. The fraction of sp³-hybridized carbons (Fsp3) is 0.419. The molecule has 0 bridgehead atoms. The Morgan fingerprint density at radius 3 is 2.36 bits per heavy atom. The molecule has 1 unspecified atom stereocenters. The number of carbonyl (C=O) groups excluding carboxylic acids is 1. The molecule has 5 nitrogen and oxygen atoms in total. The Labute approximate surface area is 228 Å². The molecule has 1 atom stereocenters. The Morgan fingerprint density at radius 1 is 1.03 bits per heavy atom. The first kappa shape index (κ1) is 28.5. The molecule has 2 aromatic carbocycles. The van der Waals surface area contributed by atoms with Gasteiger partial charge in [-0.25, -0.2) is 0 Å². The van der Waals surface area contributed by atoms with Gasteiger partial charge in [-0.3, -0.25) is 9.78 Å². The number of halogens is 3. The van der Waals surface area contributed by atoms with Gasteiger partial charge in [-0.1, -0.05) is 25.1 Å². The van der Waals surface area contributed by atoms with Gasteiger partial charge in [-0.15, -0.1) is 0 Å². The lowest BCUT2D eigenvalue weighted by atomic mass is 9.89. The van der Waals surface area contributed by atoms with Crippen LogP contribution in [-0.4, -0.2) is 30.7 Å². The number of aryl methyl sites for hydroxylation is 1. The van der Waals surface area contributed by atoms with Crippen LogP contribution in [0.25, 0.3) is 11.3 Å². The molecule has 0 saturated carbocycles. The van der Waals surface area contributed by atoms with E-state index in [9.17, 15) is 18.0 Å². The maximum Gasteiger partial charge on any atom is 0.416 e. The molecule has 1 heterocycles. The molecule has 4 rings (SSSR count). The molecule has 1 aliphatic carbocycles. The molecular formula is C31H35F3N2O3. The third-order valence-electron chi connectivity index (χ3n) is 7.08. The van der Waals surface area contributed by atoms with Gasteiger partial charge in [0.25, 0.3) is 0 Å². The van der Waals surface area contributed by atoms with Crippen molar-refractivity contribution in [2.45, 2.75) is 71.7 Å². The van der Waals surface area contributed by atoms with Gasteiger partial charge in [0.1, 0.15) is 18.5 Å². The monoisotopic (exact) mass is 540 g/mol. The summed E-state index contributed by atoms with van der Waals surface area (Å²) in [6.45, 7) is 6.46. The summed E-state index contributed by atoms with van der Waals surface area (Å²) in [7, 11) is 2.06. The van der Waals surface area contributed by atoms with E-state index in [1.54, 1.807) is 6.92 Å². The van der Waals surface area contributed by atoms with Crippen molar-refractivity contribution in [3.05, 3.63) is 76.5 Å². The Kier molecular flexibility index (Phi) is 8.83. The standard InChI is InChI=1S/C31H35F3N2O3/c1-5-30(37)38-19-20(2)39-29-17-16-28(25-8-6-7-9-26(25)29)36(4)18-23-12-15-27(35-21(23)3)22-10-13-24(14-11-22)31(32,33)34/h10-17,20H,5-9,18-19H2,1-4H3. The van der Waals surface area contributed by atoms with Gasteiger partial charge >= 0.3 is 12.1 Å². The minimum atomic E-state index is -4.36. The van der Waals surface area contributed by atoms with E-state index < -0.39 is 11.7 Å². The summed E-state index contributed by atoms with van der Waals surface area (Å²) in [6, 6.07) is 13.0. The number of hydrogen-bond donors (Lipinski definition) is 0. The van der Waals surface area contributed by atoms with Crippen molar-refractivity contribution in [2.75, 3.05) is 18.6 Å². The molecule has 0 fully saturated rings. The molecular weight excluding hydrogens is 505 g/mol. The van der Waals surface area contributed by atoms with E-state index in [0.29, 0.717) is 24.2 Å². The second-order valence-electron chi connectivity index (χ2n) is 10.1. The minimum Gasteiger partial charge on any atom is -0.487 e. The fourth-order valence-electron chi connectivity index (χ4n) is 4.94. The van der Waals surface area contributed by atoms with E-state index >= 15 is 0 Å². The first-order chi connectivity index (χ1) is 18.6. The van der Waals surface area contributed by atoms with Gasteiger partial charge in [0.15, 0.2) is 0 Å². The predicted molar refractivity (Wildman–Crippen MR) is 146 cm³/mol. The summed E-state index contributed by atoms with van der Waals surface area (Å²) in [6.07, 6.45) is -0.136. The Hall–Kier alpha value is -3.55. The summed E-state index contributed by atoms with van der Waals surface area (Å²) in [4.78, 5) is 18.4. The molecule has 3 aromatic rings. The molecule has 0 amide bonds. The number of rotatable bonds is 9. The van der Waals surface area contributed by atoms with E-state index in [4.69, 9.17) is 9.47 Å². The van der Waals surface area contributed by atoms with Gasteiger partial charge in [-0.2, -0.15) is 13.2 Å². The lowest BCUT2D eigenvalue weighted by molar-refractivity contribution is -0.145. The van der Waals surface area contributed by atoms with Crippen molar-refractivity contribution >= 4 is 11.7 Å². The largest absolute Gasteiger partial charge is 0.487 e. The van der Waals surface area contributed by atoms with Gasteiger partial charge in [0.2, 0.25) is 0 Å². The van der Waals surface area contributed by atoms with Crippen molar-refractivity contribution in [1.29, 1.82) is 0 Å². The SMILES string of the molecule is CCC(=O)OCC(C)Oc1ccc(N(C)Cc2ccc(-c3ccc(C(F)(F)F)cc3)nc2C)c2c1CCCC2. The highest BCUT2D eigenvalue weighted by atomic mass is 19.4. The summed E-state index contributed by atoms with van der Waals surface area (Å²) < 4.78 is 50.2. The van der Waals surface area contributed by atoms with Crippen molar-refractivity contribution in [3.8, 4) is 17.0 Å². The number of aromatic nitrogens is 1. The van der Waals surface area contributed by atoms with Crippen LogP contribution in [-0.2, 0) is 35.1 Å². The Morgan fingerprint density at radius 2 is 1.72 bits per heavy atom. The maximum atomic E-state index is 12.9. The predicted octanol–water partition coefficient (Wildman–Crippen LogP) is 7.31. The summed E-state index contributed by atoms with van der Waals surface area (Å²) in [5, 5.41) is 0. The van der Waals surface area contributed by atoms with Gasteiger partial charge < -0.3 is 14.4 Å². The number of fused-ring (bicyclic) bond motifs is 1. The maximum absolute atomic E-state index is 12.9. The molecule has 208 valence electrons. The fourth-order valence-corrected chi connectivity index (χ4v) is 4.94. The zero-order valence-electron chi connectivity index (χ0n) is 22.9. The minimum absolute atomic E-state index is 0.220. The average molecular weight is 541 g/mol. The van der Waals surface area contributed by atoms with Crippen LogP contribution in [0.15, 0.2) is 48.5 Å². The van der Waals surface area contributed by atoms with Crippen LogP contribution >= 0.6 is 0 Å². The highest BCUT2D eigenvalue weighted by molar-refractivity contribution is 5.68. The van der Waals surface area contributed by atoms with Crippen LogP contribution in [0.3, 0.4) is 0 Å². The second kappa shape index (κ2) is 12.1. The van der Waals surface area contributed by atoms with Crippen LogP contribution in [0.5, 0.6) is 5.75 Å². The molecule has 0 spiro atoms. The van der Waals surface area contributed by atoms with E-state index in [1.165, 1.54) is 23.3 Å². The quantitative estimate of drug-likeness (QED) is 0.266. The van der Waals surface area contributed by atoms with Gasteiger partial charge in [0, 0.05) is 37.0 Å². The third kappa shape index (κ3) is 6.91. The highest BCUT2D eigenvalue weighted by Crippen LogP contribution is 2.37. The zero-order chi connectivity index (χ0) is 28.2. The van der Waals surface area contributed by atoms with Crippen molar-refractivity contribution in [1.82, 2.24) is 4.98 Å². The molecule has 0 N–H and O–H groups in total. The average Bonchev–Trinajstić information content (AvgIpc) is 2.92. The number of benzene rings is 2. The Bertz CT molecular complexity index is 1310. The third-order valence-corrected chi connectivity index (χ3v) is 7.08. The number of nitrogens with zero attached hydrogens (tertiary/aromatic N) is 2. The lowest BCUT2D eigenvalue weighted by Crippen LogP contribution is -2.24. The van der Waals surface area contributed by atoms with Crippen LogP contribution in [0.4, 0.5) is 18.9 Å². The number of alkyl halides is 3.